The van der Waals surface area contributed by atoms with Gasteiger partial charge in [0, 0.05) is 64.5 Å². The molecule has 1 saturated heterocycles. The molecule has 8 nitrogen and oxygen atoms in total. The largest absolute Gasteiger partial charge is 0.369 e. The maximum atomic E-state index is 4.77. The second kappa shape index (κ2) is 11.7. The van der Waals surface area contributed by atoms with Gasteiger partial charge in [0.1, 0.15) is 12.2 Å². The van der Waals surface area contributed by atoms with Crippen LogP contribution in [0.1, 0.15) is 30.8 Å². The van der Waals surface area contributed by atoms with Crippen molar-refractivity contribution in [3.63, 3.8) is 0 Å². The summed E-state index contributed by atoms with van der Waals surface area (Å²) in [4.78, 5) is 9.80. The summed E-state index contributed by atoms with van der Waals surface area (Å²) >= 11 is 0. The lowest BCUT2D eigenvalue weighted by Crippen LogP contribution is -2.47. The molecule has 0 spiro atoms. The Hall–Kier alpha value is -2.61. The van der Waals surface area contributed by atoms with E-state index in [0.29, 0.717) is 0 Å². The van der Waals surface area contributed by atoms with Gasteiger partial charge < -0.3 is 20.1 Å². The summed E-state index contributed by atoms with van der Waals surface area (Å²) in [5, 5.41) is 14.9. The van der Waals surface area contributed by atoms with Crippen molar-refractivity contribution in [3.8, 4) is 0 Å². The van der Waals surface area contributed by atoms with Gasteiger partial charge in [-0.05, 0) is 38.0 Å². The number of guanidine groups is 1. The van der Waals surface area contributed by atoms with Crippen LogP contribution in [0.4, 0.5) is 5.69 Å². The predicted octanol–water partition coefficient (Wildman–Crippen LogP) is 1.83. The first-order chi connectivity index (χ1) is 15.1. The molecule has 0 unspecified atom stereocenters. The van der Waals surface area contributed by atoms with Crippen molar-refractivity contribution in [2.75, 3.05) is 57.3 Å². The fourth-order valence-corrected chi connectivity index (χ4v) is 3.97. The quantitative estimate of drug-likeness (QED) is 0.471. The molecule has 2 aromatic rings. The predicted molar refractivity (Wildman–Crippen MR) is 128 cm³/mol. The van der Waals surface area contributed by atoms with Gasteiger partial charge in [0.05, 0.1) is 6.54 Å². The molecule has 1 fully saturated rings. The van der Waals surface area contributed by atoms with Gasteiger partial charge >= 0.3 is 0 Å². The van der Waals surface area contributed by atoms with E-state index in [1.165, 1.54) is 16.8 Å². The number of benzene rings is 1. The van der Waals surface area contributed by atoms with Gasteiger partial charge in [0.25, 0.3) is 0 Å². The molecule has 0 bridgehead atoms. The highest BCUT2D eigenvalue weighted by Gasteiger charge is 2.18. The van der Waals surface area contributed by atoms with E-state index in [1.54, 1.807) is 6.33 Å². The Morgan fingerprint density at radius 2 is 1.87 bits per heavy atom. The first kappa shape index (κ1) is 23.1. The second-order valence-electron chi connectivity index (χ2n) is 8.03. The second-order valence-corrected chi connectivity index (χ2v) is 8.03. The Morgan fingerprint density at radius 1 is 1.06 bits per heavy atom. The molecule has 1 aromatic heterocycles. The monoisotopic (exact) mass is 426 g/mol. The molecule has 31 heavy (non-hydrogen) atoms. The maximum absolute atomic E-state index is 4.77. The highest BCUT2D eigenvalue weighted by atomic mass is 15.3. The summed E-state index contributed by atoms with van der Waals surface area (Å²) in [6.45, 7) is 17.2. The molecule has 0 atom stereocenters. The minimum Gasteiger partial charge on any atom is -0.369 e. The molecular weight excluding hydrogens is 388 g/mol. The molecular formula is C23H38N8. The smallest absolute Gasteiger partial charge is 0.191 e. The Morgan fingerprint density at radius 3 is 2.61 bits per heavy atom. The van der Waals surface area contributed by atoms with Crippen LogP contribution in [0.15, 0.2) is 29.5 Å². The van der Waals surface area contributed by atoms with Crippen molar-refractivity contribution in [3.05, 3.63) is 41.5 Å². The van der Waals surface area contributed by atoms with Crippen LogP contribution in [0, 0.1) is 13.8 Å². The first-order valence-electron chi connectivity index (χ1n) is 11.5. The molecule has 1 aliphatic heterocycles. The topological polar surface area (TPSA) is 73.6 Å². The lowest BCUT2D eigenvalue weighted by Gasteiger charge is -2.36. The van der Waals surface area contributed by atoms with Crippen molar-refractivity contribution in [1.29, 1.82) is 0 Å². The number of anilines is 1. The van der Waals surface area contributed by atoms with Gasteiger partial charge in [-0.3, -0.25) is 9.89 Å². The van der Waals surface area contributed by atoms with Crippen LogP contribution in [-0.2, 0) is 13.0 Å². The van der Waals surface area contributed by atoms with Crippen molar-refractivity contribution < 1.29 is 0 Å². The number of hydrogen-bond acceptors (Lipinski definition) is 5. The highest BCUT2D eigenvalue weighted by molar-refractivity contribution is 5.79. The molecule has 0 aliphatic carbocycles. The SMILES string of the molecule is CCNC(=NCCN1CCN(c2cccc(C)c2C)CC1)NCCn1cnnc1CC. The van der Waals surface area contributed by atoms with E-state index in [0.717, 1.165) is 77.1 Å². The van der Waals surface area contributed by atoms with Crippen LogP contribution < -0.4 is 15.5 Å². The standard InChI is InChI=1S/C23H38N8/c1-5-22-28-27-18-31(22)13-11-26-23(24-6-2)25-10-12-29-14-16-30(17-15-29)21-9-7-8-19(3)20(21)4/h7-9,18H,5-6,10-17H2,1-4H3,(H2,24,25,26). The van der Waals surface area contributed by atoms with Crippen LogP contribution in [0.25, 0.3) is 0 Å². The van der Waals surface area contributed by atoms with Gasteiger partial charge in [-0.1, -0.05) is 19.1 Å². The van der Waals surface area contributed by atoms with Crippen molar-refractivity contribution in [2.45, 2.75) is 40.7 Å². The molecule has 2 heterocycles. The molecule has 0 radical (unpaired) electrons. The fraction of sp³-hybridized carbons (Fsp3) is 0.609. The van der Waals surface area contributed by atoms with Crippen LogP contribution in [0.5, 0.6) is 0 Å². The summed E-state index contributed by atoms with van der Waals surface area (Å²) in [6, 6.07) is 6.61. The molecule has 8 heteroatoms. The summed E-state index contributed by atoms with van der Waals surface area (Å²) in [7, 11) is 0. The van der Waals surface area contributed by atoms with E-state index in [1.807, 2.05) is 0 Å². The number of aromatic nitrogens is 3. The van der Waals surface area contributed by atoms with E-state index in [9.17, 15) is 0 Å². The molecule has 0 amide bonds. The van der Waals surface area contributed by atoms with Gasteiger partial charge in [-0.2, -0.15) is 0 Å². The minimum atomic E-state index is 0.797. The van der Waals surface area contributed by atoms with Gasteiger partial charge in [0.2, 0.25) is 0 Å². The van der Waals surface area contributed by atoms with E-state index >= 15 is 0 Å². The lowest BCUT2D eigenvalue weighted by molar-refractivity contribution is 0.265. The first-order valence-corrected chi connectivity index (χ1v) is 11.5. The molecule has 0 saturated carbocycles. The van der Waals surface area contributed by atoms with Crippen molar-refractivity contribution >= 4 is 11.6 Å². The third-order valence-electron chi connectivity index (χ3n) is 5.98. The number of hydrogen-bond donors (Lipinski definition) is 2. The summed E-state index contributed by atoms with van der Waals surface area (Å²) < 4.78 is 2.09. The number of nitrogens with one attached hydrogen (secondary N) is 2. The summed E-state index contributed by atoms with van der Waals surface area (Å²) in [6.07, 6.45) is 2.69. The third-order valence-corrected chi connectivity index (χ3v) is 5.98. The number of piperazine rings is 1. The zero-order valence-electron chi connectivity index (χ0n) is 19.6. The lowest BCUT2D eigenvalue weighted by atomic mass is 10.1. The normalized spacial score (nSPS) is 15.4. The number of aryl methyl sites for hydroxylation is 2. The summed E-state index contributed by atoms with van der Waals surface area (Å²) in [5.74, 6) is 1.89. The molecule has 2 N–H and O–H groups in total. The zero-order chi connectivity index (χ0) is 22.1. The van der Waals surface area contributed by atoms with E-state index in [-0.39, 0.29) is 0 Å². The average Bonchev–Trinajstić information content (AvgIpc) is 3.24. The number of nitrogens with zero attached hydrogens (tertiary/aromatic N) is 6. The van der Waals surface area contributed by atoms with Crippen molar-refractivity contribution in [2.24, 2.45) is 4.99 Å². The Bertz CT molecular complexity index is 836. The zero-order valence-corrected chi connectivity index (χ0v) is 19.6. The van der Waals surface area contributed by atoms with Crippen LogP contribution >= 0.6 is 0 Å². The van der Waals surface area contributed by atoms with Crippen LogP contribution in [0.3, 0.4) is 0 Å². The molecule has 3 rings (SSSR count). The Balaban J connectivity index is 1.42. The highest BCUT2D eigenvalue weighted by Crippen LogP contribution is 2.23. The van der Waals surface area contributed by atoms with Crippen LogP contribution in [0.2, 0.25) is 0 Å². The van der Waals surface area contributed by atoms with E-state index < -0.39 is 0 Å². The Labute approximate surface area is 186 Å². The fourth-order valence-electron chi connectivity index (χ4n) is 3.97. The van der Waals surface area contributed by atoms with Gasteiger partial charge in [-0.15, -0.1) is 10.2 Å². The summed E-state index contributed by atoms with van der Waals surface area (Å²) in [5.41, 5.74) is 4.16. The maximum Gasteiger partial charge on any atom is 0.191 e. The molecule has 1 aliphatic rings. The minimum absolute atomic E-state index is 0.797. The third kappa shape index (κ3) is 6.43. The van der Waals surface area contributed by atoms with Crippen LogP contribution in [-0.4, -0.2) is 78.0 Å². The Kier molecular flexibility index (Phi) is 8.70. The number of rotatable bonds is 9. The average molecular weight is 427 g/mol. The van der Waals surface area contributed by atoms with Gasteiger partial charge in [0.15, 0.2) is 5.96 Å². The van der Waals surface area contributed by atoms with E-state index in [4.69, 9.17) is 4.99 Å². The van der Waals surface area contributed by atoms with Crippen molar-refractivity contribution in [1.82, 2.24) is 30.3 Å². The number of aliphatic imine (C=N–C) groups is 1. The molecule has 170 valence electrons. The van der Waals surface area contributed by atoms with E-state index in [2.05, 4.69) is 81.1 Å². The van der Waals surface area contributed by atoms with Gasteiger partial charge in [-0.25, -0.2) is 0 Å². The molecule has 1 aromatic carbocycles.